The molecule has 26 heavy (non-hydrogen) atoms. The maximum atomic E-state index is 12.7. The van der Waals surface area contributed by atoms with Crippen LogP contribution < -0.4 is 0 Å². The molecule has 2 saturated heterocycles. The summed E-state index contributed by atoms with van der Waals surface area (Å²) in [5.74, 6) is -0.0338. The third kappa shape index (κ3) is 4.24. The highest BCUT2D eigenvalue weighted by Gasteiger charge is 2.33. The summed E-state index contributed by atoms with van der Waals surface area (Å²) in [6.45, 7) is 2.93. The topological polar surface area (TPSA) is 78.0 Å². The van der Waals surface area contributed by atoms with E-state index in [4.69, 9.17) is 0 Å². The Hall–Kier alpha value is -1.93. The van der Waals surface area contributed by atoms with Gasteiger partial charge in [0.1, 0.15) is 0 Å². The van der Waals surface area contributed by atoms with Gasteiger partial charge >= 0.3 is 0 Å². The molecule has 1 aromatic rings. The number of carbonyl (C=O) groups is 2. The van der Waals surface area contributed by atoms with Gasteiger partial charge in [0, 0.05) is 50.7 Å². The number of hydrogen-bond acceptors (Lipinski definition) is 4. The van der Waals surface area contributed by atoms with Gasteiger partial charge in [0.05, 0.1) is 6.26 Å². The highest BCUT2D eigenvalue weighted by molar-refractivity contribution is 7.88. The predicted molar refractivity (Wildman–Crippen MR) is 98.1 cm³/mol. The van der Waals surface area contributed by atoms with Crippen LogP contribution in [0.5, 0.6) is 0 Å². The van der Waals surface area contributed by atoms with E-state index in [0.29, 0.717) is 57.7 Å². The lowest BCUT2D eigenvalue weighted by Crippen LogP contribution is -2.53. The minimum Gasteiger partial charge on any atom is -0.339 e. The fourth-order valence-corrected chi connectivity index (χ4v) is 4.46. The van der Waals surface area contributed by atoms with Crippen molar-refractivity contribution in [3.8, 4) is 0 Å². The van der Waals surface area contributed by atoms with Gasteiger partial charge in [0.2, 0.25) is 15.9 Å². The lowest BCUT2D eigenvalue weighted by atomic mass is 9.96. The smallest absolute Gasteiger partial charge is 0.253 e. The summed E-state index contributed by atoms with van der Waals surface area (Å²) in [5, 5.41) is 0. The molecule has 0 atom stereocenters. The van der Waals surface area contributed by atoms with Crippen LogP contribution in [0.3, 0.4) is 0 Å². The number of carbonyl (C=O) groups excluding carboxylic acids is 2. The maximum absolute atomic E-state index is 12.7. The van der Waals surface area contributed by atoms with Crippen LogP contribution in [0.2, 0.25) is 0 Å². The summed E-state index contributed by atoms with van der Waals surface area (Å²) in [7, 11) is -3.18. The quantitative estimate of drug-likeness (QED) is 0.772. The van der Waals surface area contributed by atoms with Crippen LogP contribution in [0.1, 0.15) is 23.2 Å². The maximum Gasteiger partial charge on any atom is 0.253 e. The van der Waals surface area contributed by atoms with Gasteiger partial charge in [-0.15, -0.1) is 0 Å². The number of sulfonamides is 1. The van der Waals surface area contributed by atoms with E-state index in [1.165, 1.54) is 10.6 Å². The molecule has 0 unspecified atom stereocenters. The molecule has 0 N–H and O–H groups in total. The van der Waals surface area contributed by atoms with Crippen molar-refractivity contribution in [1.29, 1.82) is 0 Å². The minimum atomic E-state index is -3.18. The lowest BCUT2D eigenvalue weighted by molar-refractivity contribution is -0.138. The lowest BCUT2D eigenvalue weighted by Gasteiger charge is -2.38. The molecule has 2 amide bonds. The summed E-state index contributed by atoms with van der Waals surface area (Å²) in [6, 6.07) is 9.17. The van der Waals surface area contributed by atoms with Gasteiger partial charge < -0.3 is 9.80 Å². The summed E-state index contributed by atoms with van der Waals surface area (Å²) in [6.07, 6.45) is 2.34. The molecule has 3 rings (SSSR count). The van der Waals surface area contributed by atoms with E-state index in [0.717, 1.165) is 0 Å². The second kappa shape index (κ2) is 7.75. The van der Waals surface area contributed by atoms with Gasteiger partial charge in [-0.2, -0.15) is 0 Å². The van der Waals surface area contributed by atoms with Crippen molar-refractivity contribution in [3.63, 3.8) is 0 Å². The minimum absolute atomic E-state index is 0.000778. The van der Waals surface area contributed by atoms with Gasteiger partial charge in [-0.1, -0.05) is 18.2 Å². The molecule has 0 radical (unpaired) electrons. The van der Waals surface area contributed by atoms with Crippen molar-refractivity contribution in [2.75, 3.05) is 45.5 Å². The predicted octanol–water partition coefficient (Wildman–Crippen LogP) is 0.643. The van der Waals surface area contributed by atoms with E-state index in [9.17, 15) is 18.0 Å². The van der Waals surface area contributed by atoms with Crippen molar-refractivity contribution in [3.05, 3.63) is 35.9 Å². The van der Waals surface area contributed by atoms with Crippen LogP contribution in [-0.4, -0.2) is 79.9 Å². The zero-order valence-corrected chi connectivity index (χ0v) is 15.8. The molecule has 8 heteroatoms. The van der Waals surface area contributed by atoms with Crippen molar-refractivity contribution < 1.29 is 18.0 Å². The average molecular weight is 379 g/mol. The highest BCUT2D eigenvalue weighted by atomic mass is 32.2. The Balaban J connectivity index is 1.51. The van der Waals surface area contributed by atoms with Gasteiger partial charge in [-0.3, -0.25) is 9.59 Å². The Morgan fingerprint density at radius 2 is 1.42 bits per heavy atom. The Morgan fingerprint density at radius 1 is 0.885 bits per heavy atom. The second-order valence-corrected chi connectivity index (χ2v) is 8.90. The molecular weight excluding hydrogens is 354 g/mol. The normalized spacial score (nSPS) is 20.2. The molecule has 0 bridgehead atoms. The Bertz CT molecular complexity index is 750. The first-order valence-electron chi connectivity index (χ1n) is 8.94. The molecule has 2 aliphatic heterocycles. The second-order valence-electron chi connectivity index (χ2n) is 6.92. The van der Waals surface area contributed by atoms with Crippen molar-refractivity contribution >= 4 is 21.8 Å². The van der Waals surface area contributed by atoms with E-state index >= 15 is 0 Å². The fourth-order valence-electron chi connectivity index (χ4n) is 3.59. The summed E-state index contributed by atoms with van der Waals surface area (Å²) < 4.78 is 24.6. The van der Waals surface area contributed by atoms with Crippen molar-refractivity contribution in [2.24, 2.45) is 5.92 Å². The number of amides is 2. The molecule has 2 fully saturated rings. The Labute approximate surface area is 154 Å². The van der Waals surface area contributed by atoms with Crippen LogP contribution in [0.25, 0.3) is 0 Å². The van der Waals surface area contributed by atoms with E-state index in [-0.39, 0.29) is 17.7 Å². The number of hydrogen-bond donors (Lipinski definition) is 0. The van der Waals surface area contributed by atoms with Crippen LogP contribution in [0.15, 0.2) is 30.3 Å². The first-order chi connectivity index (χ1) is 12.4. The summed E-state index contributed by atoms with van der Waals surface area (Å²) >= 11 is 0. The van der Waals surface area contributed by atoms with Gasteiger partial charge in [-0.05, 0) is 25.0 Å². The molecular formula is C18H25N3O4S. The average Bonchev–Trinajstić information content (AvgIpc) is 2.67. The fraction of sp³-hybridized carbons (Fsp3) is 0.556. The van der Waals surface area contributed by atoms with Gasteiger partial charge in [-0.25, -0.2) is 12.7 Å². The monoisotopic (exact) mass is 379 g/mol. The summed E-state index contributed by atoms with van der Waals surface area (Å²) in [4.78, 5) is 28.8. The molecule has 2 aliphatic rings. The molecule has 0 aliphatic carbocycles. The largest absolute Gasteiger partial charge is 0.339 e. The van der Waals surface area contributed by atoms with Crippen LogP contribution in [-0.2, 0) is 14.8 Å². The number of piperidine rings is 1. The van der Waals surface area contributed by atoms with Crippen molar-refractivity contribution in [1.82, 2.24) is 14.1 Å². The molecule has 0 aromatic heterocycles. The van der Waals surface area contributed by atoms with E-state index < -0.39 is 10.0 Å². The highest BCUT2D eigenvalue weighted by Crippen LogP contribution is 2.22. The molecule has 0 spiro atoms. The van der Waals surface area contributed by atoms with Crippen LogP contribution >= 0.6 is 0 Å². The van der Waals surface area contributed by atoms with Crippen LogP contribution in [0, 0.1) is 5.92 Å². The Morgan fingerprint density at radius 3 is 1.96 bits per heavy atom. The van der Waals surface area contributed by atoms with E-state index in [2.05, 4.69) is 0 Å². The van der Waals surface area contributed by atoms with Crippen molar-refractivity contribution in [2.45, 2.75) is 12.8 Å². The third-order valence-electron chi connectivity index (χ3n) is 5.17. The summed E-state index contributed by atoms with van der Waals surface area (Å²) in [5.41, 5.74) is 0.667. The molecule has 1 aromatic carbocycles. The third-order valence-corrected chi connectivity index (χ3v) is 6.47. The van der Waals surface area contributed by atoms with Crippen LogP contribution in [0.4, 0.5) is 0 Å². The Kier molecular flexibility index (Phi) is 5.62. The van der Waals surface area contributed by atoms with Gasteiger partial charge in [0.25, 0.3) is 5.91 Å². The van der Waals surface area contributed by atoms with Gasteiger partial charge in [0.15, 0.2) is 0 Å². The van der Waals surface area contributed by atoms with E-state index in [1.807, 2.05) is 23.1 Å². The van der Waals surface area contributed by atoms with E-state index in [1.54, 1.807) is 17.0 Å². The number of nitrogens with zero attached hydrogens (tertiary/aromatic N) is 3. The molecule has 7 nitrogen and oxygen atoms in total. The molecule has 0 saturated carbocycles. The zero-order valence-electron chi connectivity index (χ0n) is 15.0. The zero-order chi connectivity index (χ0) is 18.7. The first kappa shape index (κ1) is 18.8. The SMILES string of the molecule is CS(=O)(=O)N1CCC(C(=O)N2CCN(C(=O)c3ccccc3)CC2)CC1. The molecule has 142 valence electrons. The number of benzene rings is 1. The number of piperazine rings is 1. The molecule has 2 heterocycles. The standard InChI is InChI=1S/C18H25N3O4S/c1-26(24,25)21-9-7-16(8-10-21)18(23)20-13-11-19(12-14-20)17(22)15-5-3-2-4-6-15/h2-6,16H,7-14H2,1H3. The first-order valence-corrected chi connectivity index (χ1v) is 10.8. The number of rotatable bonds is 3.